The SMILES string of the molecule is CCOC(=O)C(C)(COC)NC(=O)C(C)c1ccc(-c2ccc(Cl)cc2)cc1C. The fraction of sp³-hybridized carbons (Fsp3) is 0.391. The molecule has 0 fully saturated rings. The molecule has 0 bridgehead atoms. The number of hydrogen-bond donors (Lipinski definition) is 1. The van der Waals surface area contributed by atoms with E-state index in [4.69, 9.17) is 21.1 Å². The summed E-state index contributed by atoms with van der Waals surface area (Å²) < 4.78 is 10.2. The lowest BCUT2D eigenvalue weighted by Gasteiger charge is -2.29. The predicted molar refractivity (Wildman–Crippen MR) is 115 cm³/mol. The van der Waals surface area contributed by atoms with Gasteiger partial charge in [-0.15, -0.1) is 0 Å². The van der Waals surface area contributed by atoms with Crippen LogP contribution in [0.4, 0.5) is 0 Å². The first-order chi connectivity index (χ1) is 13.7. The summed E-state index contributed by atoms with van der Waals surface area (Å²) in [5, 5.41) is 3.49. The topological polar surface area (TPSA) is 64.6 Å². The molecule has 5 nitrogen and oxygen atoms in total. The summed E-state index contributed by atoms with van der Waals surface area (Å²) in [6.45, 7) is 7.38. The average molecular weight is 418 g/mol. The summed E-state index contributed by atoms with van der Waals surface area (Å²) in [7, 11) is 1.48. The van der Waals surface area contributed by atoms with E-state index >= 15 is 0 Å². The van der Waals surface area contributed by atoms with Crippen molar-refractivity contribution >= 4 is 23.5 Å². The Bertz CT molecular complexity index is 866. The van der Waals surface area contributed by atoms with Crippen molar-refractivity contribution in [3.8, 4) is 11.1 Å². The first-order valence-electron chi connectivity index (χ1n) is 9.56. The Morgan fingerprint density at radius 1 is 1.14 bits per heavy atom. The Hall–Kier alpha value is -2.37. The zero-order chi connectivity index (χ0) is 21.6. The Morgan fingerprint density at radius 3 is 2.31 bits per heavy atom. The van der Waals surface area contributed by atoms with Gasteiger partial charge in [-0.3, -0.25) is 4.79 Å². The number of rotatable bonds is 8. The fourth-order valence-corrected chi connectivity index (χ4v) is 3.36. The molecule has 29 heavy (non-hydrogen) atoms. The Balaban J connectivity index is 2.22. The third-order valence-electron chi connectivity index (χ3n) is 4.87. The highest BCUT2D eigenvalue weighted by Gasteiger charge is 2.38. The zero-order valence-electron chi connectivity index (χ0n) is 17.5. The minimum Gasteiger partial charge on any atom is -0.464 e. The highest BCUT2D eigenvalue weighted by molar-refractivity contribution is 6.30. The Kier molecular flexibility index (Phi) is 7.82. The van der Waals surface area contributed by atoms with E-state index in [9.17, 15) is 9.59 Å². The summed E-state index contributed by atoms with van der Waals surface area (Å²) in [6, 6.07) is 13.6. The number of halogens is 1. The van der Waals surface area contributed by atoms with Crippen LogP contribution in [0.25, 0.3) is 11.1 Å². The monoisotopic (exact) mass is 417 g/mol. The lowest BCUT2D eigenvalue weighted by atomic mass is 9.91. The van der Waals surface area contributed by atoms with Crippen LogP contribution in [-0.4, -0.2) is 37.7 Å². The van der Waals surface area contributed by atoms with E-state index in [1.54, 1.807) is 13.8 Å². The van der Waals surface area contributed by atoms with Gasteiger partial charge in [0.2, 0.25) is 5.91 Å². The smallest absolute Gasteiger partial charge is 0.333 e. The molecule has 2 rings (SSSR count). The lowest BCUT2D eigenvalue weighted by Crippen LogP contribution is -2.57. The molecule has 0 aliphatic rings. The molecule has 1 N–H and O–H groups in total. The van der Waals surface area contributed by atoms with Crippen LogP contribution in [0.3, 0.4) is 0 Å². The van der Waals surface area contributed by atoms with Gasteiger partial charge >= 0.3 is 5.97 Å². The van der Waals surface area contributed by atoms with Crippen molar-refractivity contribution in [1.82, 2.24) is 5.32 Å². The van der Waals surface area contributed by atoms with E-state index in [-0.39, 0.29) is 19.1 Å². The van der Waals surface area contributed by atoms with Gasteiger partial charge < -0.3 is 14.8 Å². The summed E-state index contributed by atoms with van der Waals surface area (Å²) in [5.74, 6) is -1.22. The number of aryl methyl sites for hydroxylation is 1. The van der Waals surface area contributed by atoms with E-state index in [1.807, 2.05) is 56.3 Å². The number of amides is 1. The molecule has 0 radical (unpaired) electrons. The maximum atomic E-state index is 12.9. The predicted octanol–water partition coefficient (Wildman–Crippen LogP) is 4.50. The second kappa shape index (κ2) is 9.90. The maximum absolute atomic E-state index is 12.9. The van der Waals surface area contributed by atoms with E-state index in [0.717, 1.165) is 22.3 Å². The minimum atomic E-state index is -1.24. The molecule has 2 unspecified atom stereocenters. The quantitative estimate of drug-likeness (QED) is 0.642. The molecule has 0 aromatic heterocycles. The van der Waals surface area contributed by atoms with E-state index < -0.39 is 17.4 Å². The van der Waals surface area contributed by atoms with Crippen LogP contribution < -0.4 is 5.32 Å². The highest BCUT2D eigenvalue weighted by atomic mass is 35.5. The van der Waals surface area contributed by atoms with Crippen LogP contribution in [0.15, 0.2) is 42.5 Å². The number of hydrogen-bond acceptors (Lipinski definition) is 4. The molecule has 0 heterocycles. The lowest BCUT2D eigenvalue weighted by molar-refractivity contribution is -0.155. The number of methoxy groups -OCH3 is 1. The summed E-state index contributed by atoms with van der Waals surface area (Å²) in [4.78, 5) is 25.2. The van der Waals surface area contributed by atoms with E-state index in [0.29, 0.717) is 5.02 Å². The third kappa shape index (κ3) is 5.58. The van der Waals surface area contributed by atoms with Crippen molar-refractivity contribution in [1.29, 1.82) is 0 Å². The fourth-order valence-electron chi connectivity index (χ4n) is 3.23. The standard InChI is InChI=1S/C23H28ClNO4/c1-6-29-22(27)23(4,14-28-5)25-21(26)16(3)20-12-9-18(13-15(20)2)17-7-10-19(24)11-8-17/h7-13,16H,6,14H2,1-5H3,(H,25,26). The first kappa shape index (κ1) is 22.9. The summed E-state index contributed by atoms with van der Waals surface area (Å²) >= 11 is 5.96. The molecule has 0 saturated carbocycles. The molecule has 0 aliphatic heterocycles. The van der Waals surface area contributed by atoms with Gasteiger partial charge in [-0.1, -0.05) is 41.9 Å². The van der Waals surface area contributed by atoms with Crippen LogP contribution in [-0.2, 0) is 19.1 Å². The van der Waals surface area contributed by atoms with Gasteiger partial charge in [-0.05, 0) is 62.1 Å². The van der Waals surface area contributed by atoms with Crippen LogP contribution in [0.2, 0.25) is 5.02 Å². The van der Waals surface area contributed by atoms with Gasteiger partial charge in [0.15, 0.2) is 5.54 Å². The molecule has 0 spiro atoms. The van der Waals surface area contributed by atoms with Gasteiger partial charge in [0.25, 0.3) is 0 Å². The van der Waals surface area contributed by atoms with Crippen molar-refractivity contribution < 1.29 is 19.1 Å². The molecule has 1 amide bonds. The highest BCUT2D eigenvalue weighted by Crippen LogP contribution is 2.28. The molecular formula is C23H28ClNO4. The Morgan fingerprint density at radius 2 is 1.76 bits per heavy atom. The van der Waals surface area contributed by atoms with Crippen molar-refractivity contribution in [3.05, 3.63) is 58.6 Å². The van der Waals surface area contributed by atoms with E-state index in [2.05, 4.69) is 5.32 Å². The largest absolute Gasteiger partial charge is 0.464 e. The molecule has 0 aliphatic carbocycles. The van der Waals surface area contributed by atoms with Crippen LogP contribution in [0, 0.1) is 6.92 Å². The number of benzene rings is 2. The molecule has 156 valence electrons. The van der Waals surface area contributed by atoms with Crippen molar-refractivity contribution in [2.75, 3.05) is 20.3 Å². The minimum absolute atomic E-state index is 0.0266. The number of ether oxygens (including phenoxy) is 2. The summed E-state index contributed by atoms with van der Waals surface area (Å²) in [6.07, 6.45) is 0. The maximum Gasteiger partial charge on any atom is 0.333 e. The Labute approximate surface area is 177 Å². The number of esters is 1. The van der Waals surface area contributed by atoms with Crippen LogP contribution in [0.5, 0.6) is 0 Å². The zero-order valence-corrected chi connectivity index (χ0v) is 18.3. The van der Waals surface area contributed by atoms with Gasteiger partial charge in [0, 0.05) is 12.1 Å². The van der Waals surface area contributed by atoms with E-state index in [1.165, 1.54) is 7.11 Å². The van der Waals surface area contributed by atoms with Crippen molar-refractivity contribution in [3.63, 3.8) is 0 Å². The van der Waals surface area contributed by atoms with Crippen molar-refractivity contribution in [2.24, 2.45) is 0 Å². The van der Waals surface area contributed by atoms with Crippen molar-refractivity contribution in [2.45, 2.75) is 39.2 Å². The molecule has 6 heteroatoms. The molecule has 2 aromatic rings. The summed E-state index contributed by atoms with van der Waals surface area (Å²) in [5.41, 5.74) is 2.74. The van der Waals surface area contributed by atoms with Gasteiger partial charge in [-0.25, -0.2) is 4.79 Å². The second-order valence-electron chi connectivity index (χ2n) is 7.27. The average Bonchev–Trinajstić information content (AvgIpc) is 2.68. The third-order valence-corrected chi connectivity index (χ3v) is 5.12. The first-order valence-corrected chi connectivity index (χ1v) is 9.94. The molecular weight excluding hydrogens is 390 g/mol. The van der Waals surface area contributed by atoms with Gasteiger partial charge in [0.05, 0.1) is 19.1 Å². The van der Waals surface area contributed by atoms with Gasteiger partial charge in [0.1, 0.15) is 0 Å². The van der Waals surface area contributed by atoms with Crippen LogP contribution in [0.1, 0.15) is 37.8 Å². The van der Waals surface area contributed by atoms with Crippen LogP contribution >= 0.6 is 11.6 Å². The molecule has 2 atom stereocenters. The second-order valence-corrected chi connectivity index (χ2v) is 7.71. The number of carbonyl (C=O) groups is 2. The molecule has 0 saturated heterocycles. The number of nitrogens with one attached hydrogen (secondary N) is 1. The number of carbonyl (C=O) groups excluding carboxylic acids is 2. The normalized spacial score (nSPS) is 14.0. The van der Waals surface area contributed by atoms with Gasteiger partial charge in [-0.2, -0.15) is 0 Å². The molecule has 2 aromatic carbocycles.